The number of ether oxygens (including phenoxy) is 1. The second-order valence-electron chi connectivity index (χ2n) is 7.74. The van der Waals surface area contributed by atoms with Gasteiger partial charge in [0.1, 0.15) is 11.3 Å². The van der Waals surface area contributed by atoms with Crippen molar-refractivity contribution in [3.05, 3.63) is 35.4 Å². The number of amides is 1. The van der Waals surface area contributed by atoms with Crippen molar-refractivity contribution in [2.45, 2.75) is 39.7 Å². The minimum atomic E-state index is -0.861. The zero-order chi connectivity index (χ0) is 23.6. The number of nitrogens with one attached hydrogen (secondary N) is 2. The van der Waals surface area contributed by atoms with Crippen LogP contribution in [0.5, 0.6) is 5.88 Å². The summed E-state index contributed by atoms with van der Waals surface area (Å²) < 4.78 is 36.1. The lowest BCUT2D eigenvalue weighted by molar-refractivity contribution is 0.100. The standard InChI is InChI=1S/C22H28F2N6O2/c1-6-11(3)17(7-2)27-21-16(24)10-14(19(25)31)20(28-21)26-12-8-13-18(15(23)9-12)30(4)29-22(13)32-5/h8-11,17H,6-7H2,1-5H3,(H2,25,31)(H2,26,27,28). The molecule has 1 amide bonds. The number of nitrogens with two attached hydrogens (primary N) is 1. The van der Waals surface area contributed by atoms with Crippen LogP contribution in [0.1, 0.15) is 44.0 Å². The molecule has 2 unspecified atom stereocenters. The van der Waals surface area contributed by atoms with Gasteiger partial charge in [-0.1, -0.05) is 27.2 Å². The molecule has 0 radical (unpaired) electrons. The van der Waals surface area contributed by atoms with E-state index in [1.54, 1.807) is 13.1 Å². The third-order valence-corrected chi connectivity index (χ3v) is 5.65. The van der Waals surface area contributed by atoms with Gasteiger partial charge in [0.2, 0.25) is 5.88 Å². The molecule has 0 aliphatic carbocycles. The lowest BCUT2D eigenvalue weighted by Gasteiger charge is -2.24. The molecule has 0 aliphatic heterocycles. The topological polar surface area (TPSA) is 107 Å². The van der Waals surface area contributed by atoms with E-state index in [1.807, 2.05) is 6.92 Å². The van der Waals surface area contributed by atoms with Gasteiger partial charge in [0.25, 0.3) is 5.91 Å². The predicted molar refractivity (Wildman–Crippen MR) is 120 cm³/mol. The molecule has 32 heavy (non-hydrogen) atoms. The molecule has 0 saturated heterocycles. The number of rotatable bonds is 9. The highest BCUT2D eigenvalue weighted by molar-refractivity contribution is 5.99. The van der Waals surface area contributed by atoms with Crippen LogP contribution in [-0.2, 0) is 7.05 Å². The maximum absolute atomic E-state index is 14.8. The summed E-state index contributed by atoms with van der Waals surface area (Å²) in [6.07, 6.45) is 1.67. The monoisotopic (exact) mass is 446 g/mol. The number of hydrogen-bond donors (Lipinski definition) is 3. The Hall–Kier alpha value is -3.43. The Labute approximate surface area is 185 Å². The summed E-state index contributed by atoms with van der Waals surface area (Å²) in [4.78, 5) is 16.2. The fraction of sp³-hybridized carbons (Fsp3) is 0.409. The van der Waals surface area contributed by atoms with Crippen LogP contribution in [0.25, 0.3) is 10.9 Å². The minimum absolute atomic E-state index is 0.00911. The molecule has 0 saturated carbocycles. The molecule has 3 rings (SSSR count). The molecule has 3 aromatic rings. The Morgan fingerprint density at radius 2 is 1.91 bits per heavy atom. The van der Waals surface area contributed by atoms with Crippen LogP contribution in [0.3, 0.4) is 0 Å². The van der Waals surface area contributed by atoms with Crippen molar-refractivity contribution in [3.63, 3.8) is 0 Å². The summed E-state index contributed by atoms with van der Waals surface area (Å²) >= 11 is 0. The molecule has 8 nitrogen and oxygen atoms in total. The van der Waals surface area contributed by atoms with Crippen LogP contribution in [-0.4, -0.2) is 33.8 Å². The Morgan fingerprint density at radius 3 is 2.50 bits per heavy atom. The number of hydrogen-bond acceptors (Lipinski definition) is 6. The molecule has 0 bridgehead atoms. The summed E-state index contributed by atoms with van der Waals surface area (Å²) in [6, 6.07) is 3.87. The van der Waals surface area contributed by atoms with E-state index < -0.39 is 17.5 Å². The average Bonchev–Trinajstić information content (AvgIpc) is 3.08. The second-order valence-corrected chi connectivity index (χ2v) is 7.74. The van der Waals surface area contributed by atoms with Crippen molar-refractivity contribution >= 4 is 34.1 Å². The summed E-state index contributed by atoms with van der Waals surface area (Å²) in [5.74, 6) is -1.57. The first kappa shape index (κ1) is 23.2. The van der Waals surface area contributed by atoms with Crippen molar-refractivity contribution in [2.24, 2.45) is 18.7 Å². The number of fused-ring (bicyclic) bond motifs is 1. The molecular weight excluding hydrogens is 418 g/mol. The first-order valence-electron chi connectivity index (χ1n) is 10.4. The molecule has 0 fully saturated rings. The number of carbonyl (C=O) groups excluding carboxylic acids is 1. The molecule has 10 heteroatoms. The van der Waals surface area contributed by atoms with Gasteiger partial charge in [-0.05, 0) is 30.5 Å². The van der Waals surface area contributed by atoms with Gasteiger partial charge < -0.3 is 21.1 Å². The number of nitrogens with zero attached hydrogens (tertiary/aromatic N) is 3. The number of primary amides is 1. The molecule has 4 N–H and O–H groups in total. The van der Waals surface area contributed by atoms with Gasteiger partial charge in [-0.25, -0.2) is 13.8 Å². The van der Waals surface area contributed by atoms with Gasteiger partial charge >= 0.3 is 0 Å². The predicted octanol–water partition coefficient (Wildman–Crippen LogP) is 4.33. The number of carbonyl (C=O) groups is 1. The molecule has 0 spiro atoms. The third-order valence-electron chi connectivity index (χ3n) is 5.65. The summed E-state index contributed by atoms with van der Waals surface area (Å²) in [6.45, 7) is 6.12. The van der Waals surface area contributed by atoms with Crippen molar-refractivity contribution in [1.29, 1.82) is 0 Å². The largest absolute Gasteiger partial charge is 0.479 e. The number of benzene rings is 1. The van der Waals surface area contributed by atoms with Gasteiger partial charge in [0.05, 0.1) is 18.1 Å². The zero-order valence-corrected chi connectivity index (χ0v) is 18.8. The minimum Gasteiger partial charge on any atom is -0.479 e. The van der Waals surface area contributed by atoms with Crippen LogP contribution in [0.4, 0.5) is 26.1 Å². The van der Waals surface area contributed by atoms with E-state index >= 15 is 0 Å². The molecule has 0 aliphatic rings. The molecule has 172 valence electrons. The van der Waals surface area contributed by atoms with Crippen LogP contribution >= 0.6 is 0 Å². The number of pyridine rings is 1. The maximum atomic E-state index is 14.8. The fourth-order valence-corrected chi connectivity index (χ4v) is 3.67. The first-order valence-corrected chi connectivity index (χ1v) is 10.4. The first-order chi connectivity index (χ1) is 15.2. The van der Waals surface area contributed by atoms with Gasteiger partial charge in [0.15, 0.2) is 17.5 Å². The highest BCUT2D eigenvalue weighted by Gasteiger charge is 2.21. The average molecular weight is 447 g/mol. The van der Waals surface area contributed by atoms with E-state index in [2.05, 4.69) is 34.6 Å². The van der Waals surface area contributed by atoms with E-state index in [1.165, 1.54) is 17.9 Å². The molecule has 2 atom stereocenters. The van der Waals surface area contributed by atoms with E-state index in [0.717, 1.165) is 18.9 Å². The Balaban J connectivity index is 2.05. The number of anilines is 3. The van der Waals surface area contributed by atoms with E-state index in [9.17, 15) is 13.6 Å². The Kier molecular flexibility index (Phi) is 6.81. The highest BCUT2D eigenvalue weighted by atomic mass is 19.1. The normalized spacial score (nSPS) is 13.1. The fourth-order valence-electron chi connectivity index (χ4n) is 3.67. The lowest BCUT2D eigenvalue weighted by atomic mass is 9.97. The van der Waals surface area contributed by atoms with Crippen LogP contribution in [0.2, 0.25) is 0 Å². The molecule has 2 aromatic heterocycles. The Bertz CT molecular complexity index is 1150. The van der Waals surface area contributed by atoms with Crippen molar-refractivity contribution in [3.8, 4) is 5.88 Å². The summed E-state index contributed by atoms with van der Waals surface area (Å²) in [7, 11) is 3.04. The maximum Gasteiger partial charge on any atom is 0.252 e. The van der Waals surface area contributed by atoms with Gasteiger partial charge in [0, 0.05) is 18.8 Å². The molecule has 2 heterocycles. The van der Waals surface area contributed by atoms with Gasteiger partial charge in [-0.2, -0.15) is 0 Å². The quantitative estimate of drug-likeness (QED) is 0.452. The number of methoxy groups -OCH3 is 1. The SMILES string of the molecule is CCC(C)C(CC)Nc1nc(Nc2cc(F)c3c(c2)c(OC)nn3C)c(C(N)=O)cc1F. The lowest BCUT2D eigenvalue weighted by Crippen LogP contribution is -2.27. The van der Waals surface area contributed by atoms with Crippen molar-refractivity contribution in [2.75, 3.05) is 17.7 Å². The van der Waals surface area contributed by atoms with E-state index in [-0.39, 0.29) is 46.2 Å². The summed E-state index contributed by atoms with van der Waals surface area (Å²) in [5, 5.41) is 10.6. The summed E-state index contributed by atoms with van der Waals surface area (Å²) in [5.41, 5.74) is 5.83. The zero-order valence-electron chi connectivity index (χ0n) is 18.8. The van der Waals surface area contributed by atoms with Crippen LogP contribution < -0.4 is 21.1 Å². The molecule has 1 aromatic carbocycles. The smallest absolute Gasteiger partial charge is 0.252 e. The van der Waals surface area contributed by atoms with E-state index in [0.29, 0.717) is 5.39 Å². The second kappa shape index (κ2) is 9.37. The van der Waals surface area contributed by atoms with Crippen molar-refractivity contribution in [1.82, 2.24) is 14.8 Å². The van der Waals surface area contributed by atoms with Gasteiger partial charge in [-0.3, -0.25) is 9.48 Å². The number of aromatic nitrogens is 3. The van der Waals surface area contributed by atoms with Gasteiger partial charge in [-0.15, -0.1) is 5.10 Å². The van der Waals surface area contributed by atoms with Crippen LogP contribution in [0, 0.1) is 17.6 Å². The van der Waals surface area contributed by atoms with E-state index in [4.69, 9.17) is 10.5 Å². The van der Waals surface area contributed by atoms with Crippen molar-refractivity contribution < 1.29 is 18.3 Å². The highest BCUT2D eigenvalue weighted by Crippen LogP contribution is 2.32. The Morgan fingerprint density at radius 1 is 1.19 bits per heavy atom. The number of halogens is 2. The third kappa shape index (κ3) is 4.44. The van der Waals surface area contributed by atoms with Crippen LogP contribution in [0.15, 0.2) is 18.2 Å². The molecular formula is C22H28F2N6O2. The number of aryl methyl sites for hydroxylation is 1.